The fourth-order valence-electron chi connectivity index (χ4n) is 3.63. The van der Waals surface area contributed by atoms with E-state index < -0.39 is 4.92 Å². The molecule has 0 aromatic heterocycles. The molecule has 0 spiro atoms. The molecule has 0 saturated heterocycles. The summed E-state index contributed by atoms with van der Waals surface area (Å²) in [7, 11) is 0. The van der Waals surface area contributed by atoms with E-state index in [4.69, 9.17) is 5.73 Å². The molecule has 1 fully saturated rings. The minimum Gasteiger partial charge on any atom is -0.398 e. The van der Waals surface area contributed by atoms with E-state index in [0.717, 1.165) is 6.42 Å². The Labute approximate surface area is 132 Å². The molecule has 116 valence electrons. The van der Waals surface area contributed by atoms with Crippen LogP contribution in [0, 0.1) is 16.0 Å². The van der Waals surface area contributed by atoms with Gasteiger partial charge in [0.1, 0.15) is 0 Å². The zero-order valence-electron chi connectivity index (χ0n) is 12.2. The average Bonchev–Trinajstić information content (AvgIpc) is 3.04. The smallest absolute Gasteiger partial charge is 0.270 e. The van der Waals surface area contributed by atoms with Crippen molar-refractivity contribution in [3.8, 4) is 0 Å². The van der Waals surface area contributed by atoms with Gasteiger partial charge in [-0.05, 0) is 29.5 Å². The van der Waals surface area contributed by atoms with Gasteiger partial charge < -0.3 is 11.1 Å². The van der Waals surface area contributed by atoms with Crippen LogP contribution in [-0.2, 0) is 6.42 Å². The minimum absolute atomic E-state index is 0.0936. The highest BCUT2D eigenvalue weighted by Crippen LogP contribution is 2.56. The van der Waals surface area contributed by atoms with Crippen LogP contribution in [0.15, 0.2) is 42.5 Å². The Morgan fingerprint density at radius 2 is 2.04 bits per heavy atom. The lowest BCUT2D eigenvalue weighted by Crippen LogP contribution is -2.29. The van der Waals surface area contributed by atoms with Crippen molar-refractivity contribution in [3.63, 3.8) is 0 Å². The van der Waals surface area contributed by atoms with Gasteiger partial charge in [0.25, 0.3) is 11.6 Å². The molecule has 3 atom stereocenters. The van der Waals surface area contributed by atoms with Gasteiger partial charge in [0.2, 0.25) is 0 Å². The lowest BCUT2D eigenvalue weighted by atomic mass is 10.0. The molecule has 6 heteroatoms. The van der Waals surface area contributed by atoms with Crippen molar-refractivity contribution in [1.82, 2.24) is 5.32 Å². The van der Waals surface area contributed by atoms with Gasteiger partial charge in [-0.25, -0.2) is 0 Å². The molecule has 23 heavy (non-hydrogen) atoms. The SMILES string of the molecule is Nc1ccc([N+](=O)[O-])cc1C(=O)N[C@@H]1[C@@H]2Cc3ccccc3[C@H]21. The number of hydrogen-bond donors (Lipinski definition) is 2. The zero-order chi connectivity index (χ0) is 16.1. The predicted molar refractivity (Wildman–Crippen MR) is 85.1 cm³/mol. The van der Waals surface area contributed by atoms with Crippen molar-refractivity contribution in [2.24, 2.45) is 5.92 Å². The van der Waals surface area contributed by atoms with E-state index in [1.54, 1.807) is 0 Å². The molecule has 3 N–H and O–H groups in total. The molecular weight excluding hydrogens is 294 g/mol. The zero-order valence-corrected chi connectivity index (χ0v) is 12.2. The fraction of sp³-hybridized carbons (Fsp3) is 0.235. The Morgan fingerprint density at radius 1 is 1.26 bits per heavy atom. The largest absolute Gasteiger partial charge is 0.398 e. The fourth-order valence-corrected chi connectivity index (χ4v) is 3.63. The molecule has 0 heterocycles. The second-order valence-corrected chi connectivity index (χ2v) is 6.12. The van der Waals surface area contributed by atoms with Gasteiger partial charge in [-0.2, -0.15) is 0 Å². The first-order chi connectivity index (χ1) is 11.1. The number of carbonyl (C=O) groups excluding carboxylic acids is 1. The summed E-state index contributed by atoms with van der Waals surface area (Å²) in [6.07, 6.45) is 0.968. The maximum absolute atomic E-state index is 12.4. The first-order valence-corrected chi connectivity index (χ1v) is 7.49. The molecule has 2 aromatic carbocycles. The second kappa shape index (κ2) is 4.81. The first kappa shape index (κ1) is 13.8. The number of carbonyl (C=O) groups is 1. The standard InChI is InChI=1S/C17H15N3O3/c18-14-6-5-10(20(22)23)8-12(14)17(21)19-16-13-7-9-3-1-2-4-11(9)15(13)16/h1-6,8,13,15-16H,7,18H2,(H,19,21)/t13-,15-,16-/m1/s1. The second-order valence-electron chi connectivity index (χ2n) is 6.12. The Bertz CT molecular complexity index is 834. The van der Waals surface area contributed by atoms with E-state index in [0.29, 0.717) is 11.8 Å². The number of fused-ring (bicyclic) bond motifs is 3. The predicted octanol–water partition coefficient (Wildman–Crippen LogP) is 2.25. The molecule has 0 radical (unpaired) electrons. The van der Waals surface area contributed by atoms with Gasteiger partial charge in [-0.3, -0.25) is 14.9 Å². The molecular formula is C17H15N3O3. The third-order valence-corrected chi connectivity index (χ3v) is 4.83. The maximum Gasteiger partial charge on any atom is 0.270 e. The minimum atomic E-state index is -0.529. The summed E-state index contributed by atoms with van der Waals surface area (Å²) in [4.78, 5) is 22.7. The summed E-state index contributed by atoms with van der Waals surface area (Å²) in [6, 6.07) is 12.3. The summed E-state index contributed by atoms with van der Waals surface area (Å²) in [5, 5.41) is 13.8. The third kappa shape index (κ3) is 2.14. The number of nitrogens with one attached hydrogen (secondary N) is 1. The van der Waals surface area contributed by atoms with E-state index >= 15 is 0 Å². The van der Waals surface area contributed by atoms with E-state index in [1.807, 2.05) is 12.1 Å². The number of nitrogens with two attached hydrogens (primary N) is 1. The number of benzene rings is 2. The number of nitrogens with zero attached hydrogens (tertiary/aromatic N) is 1. The normalized spacial score (nSPS) is 23.7. The number of rotatable bonds is 3. The molecule has 1 amide bonds. The van der Waals surface area contributed by atoms with Crippen molar-refractivity contribution in [1.29, 1.82) is 0 Å². The van der Waals surface area contributed by atoms with Crippen LogP contribution in [0.1, 0.15) is 27.4 Å². The van der Waals surface area contributed by atoms with Crippen molar-refractivity contribution in [2.75, 3.05) is 5.73 Å². The monoisotopic (exact) mass is 309 g/mol. The Kier molecular flexibility index (Phi) is 2.87. The molecule has 2 aliphatic carbocycles. The van der Waals surface area contributed by atoms with Gasteiger partial charge in [0.15, 0.2) is 0 Å². The van der Waals surface area contributed by atoms with E-state index in [2.05, 4.69) is 17.4 Å². The van der Waals surface area contributed by atoms with Crippen LogP contribution >= 0.6 is 0 Å². The Morgan fingerprint density at radius 3 is 2.83 bits per heavy atom. The van der Waals surface area contributed by atoms with Crippen LogP contribution in [0.2, 0.25) is 0 Å². The van der Waals surface area contributed by atoms with E-state index in [9.17, 15) is 14.9 Å². The molecule has 1 saturated carbocycles. The molecule has 2 aliphatic rings. The Hall–Kier alpha value is -2.89. The molecule has 2 aromatic rings. The van der Waals surface area contributed by atoms with Crippen molar-refractivity contribution >= 4 is 17.3 Å². The number of nitrogen functional groups attached to an aromatic ring is 1. The lowest BCUT2D eigenvalue weighted by Gasteiger charge is -2.10. The Balaban J connectivity index is 1.53. The van der Waals surface area contributed by atoms with Crippen LogP contribution < -0.4 is 11.1 Å². The van der Waals surface area contributed by atoms with Crippen molar-refractivity contribution < 1.29 is 9.72 Å². The van der Waals surface area contributed by atoms with Gasteiger partial charge in [-0.15, -0.1) is 0 Å². The number of anilines is 1. The molecule has 4 rings (SSSR count). The number of hydrogen-bond acceptors (Lipinski definition) is 4. The molecule has 0 unspecified atom stereocenters. The van der Waals surface area contributed by atoms with E-state index in [1.165, 1.54) is 29.3 Å². The first-order valence-electron chi connectivity index (χ1n) is 7.49. The summed E-state index contributed by atoms with van der Waals surface area (Å²) < 4.78 is 0. The van der Waals surface area contributed by atoms with Gasteiger partial charge in [-0.1, -0.05) is 24.3 Å². The van der Waals surface area contributed by atoms with Crippen LogP contribution in [-0.4, -0.2) is 16.9 Å². The highest BCUT2D eigenvalue weighted by Gasteiger charge is 2.56. The summed E-state index contributed by atoms with van der Waals surface area (Å²) in [5.41, 5.74) is 8.73. The number of amides is 1. The van der Waals surface area contributed by atoms with Crippen LogP contribution in [0.25, 0.3) is 0 Å². The van der Waals surface area contributed by atoms with Crippen LogP contribution in [0.3, 0.4) is 0 Å². The maximum atomic E-state index is 12.4. The van der Waals surface area contributed by atoms with Crippen LogP contribution in [0.5, 0.6) is 0 Å². The lowest BCUT2D eigenvalue weighted by molar-refractivity contribution is -0.384. The number of nitro groups is 1. The van der Waals surface area contributed by atoms with E-state index in [-0.39, 0.29) is 28.9 Å². The summed E-state index contributed by atoms with van der Waals surface area (Å²) >= 11 is 0. The topological polar surface area (TPSA) is 98.3 Å². The quantitative estimate of drug-likeness (QED) is 0.516. The highest BCUT2D eigenvalue weighted by atomic mass is 16.6. The van der Waals surface area contributed by atoms with Gasteiger partial charge in [0, 0.05) is 29.8 Å². The molecule has 0 bridgehead atoms. The average molecular weight is 309 g/mol. The molecule has 6 nitrogen and oxygen atoms in total. The van der Waals surface area contributed by atoms with Crippen molar-refractivity contribution in [3.05, 3.63) is 69.3 Å². The van der Waals surface area contributed by atoms with Gasteiger partial charge >= 0.3 is 0 Å². The summed E-state index contributed by atoms with van der Waals surface area (Å²) in [6.45, 7) is 0. The number of non-ortho nitro benzene ring substituents is 1. The highest BCUT2D eigenvalue weighted by molar-refractivity contribution is 6.00. The summed E-state index contributed by atoms with van der Waals surface area (Å²) in [5.74, 6) is 0.439. The van der Waals surface area contributed by atoms with Crippen LogP contribution in [0.4, 0.5) is 11.4 Å². The number of nitro benzene ring substituents is 1. The molecule has 0 aliphatic heterocycles. The van der Waals surface area contributed by atoms with Crippen molar-refractivity contribution in [2.45, 2.75) is 18.4 Å². The van der Waals surface area contributed by atoms with Gasteiger partial charge in [0.05, 0.1) is 10.5 Å². The third-order valence-electron chi connectivity index (χ3n) is 4.83.